The maximum absolute atomic E-state index is 5.71. The van der Waals surface area contributed by atoms with Gasteiger partial charge in [-0.25, -0.2) is 4.98 Å². The molecule has 0 aromatic carbocycles. The Kier molecular flexibility index (Phi) is 4.90. The molecule has 114 valence electrons. The van der Waals surface area contributed by atoms with Gasteiger partial charge in [0.25, 0.3) is 0 Å². The van der Waals surface area contributed by atoms with Crippen molar-refractivity contribution in [3.05, 3.63) is 17.8 Å². The zero-order valence-electron chi connectivity index (χ0n) is 13.7. The van der Waals surface area contributed by atoms with E-state index in [-0.39, 0.29) is 0 Å². The highest BCUT2D eigenvalue weighted by Crippen LogP contribution is 2.43. The maximum Gasteiger partial charge on any atom is 0.181 e. The van der Waals surface area contributed by atoms with E-state index in [1.165, 1.54) is 25.7 Å². The Morgan fingerprint density at radius 1 is 1.25 bits per heavy atom. The van der Waals surface area contributed by atoms with Gasteiger partial charge in [-0.1, -0.05) is 34.6 Å². The fourth-order valence-corrected chi connectivity index (χ4v) is 3.27. The Hall–Kier alpha value is -0.830. The van der Waals surface area contributed by atoms with Crippen molar-refractivity contribution in [2.24, 2.45) is 11.3 Å². The molecule has 3 nitrogen and oxygen atoms in total. The summed E-state index contributed by atoms with van der Waals surface area (Å²) >= 11 is 0. The van der Waals surface area contributed by atoms with Crippen LogP contribution >= 0.6 is 0 Å². The largest absolute Gasteiger partial charge is 0.448 e. The Balaban J connectivity index is 1.95. The number of nitrogens with one attached hydrogen (secondary N) is 1. The summed E-state index contributed by atoms with van der Waals surface area (Å²) in [6.45, 7) is 12.2. The molecule has 0 saturated heterocycles. The quantitative estimate of drug-likeness (QED) is 0.881. The van der Waals surface area contributed by atoms with Crippen molar-refractivity contribution in [3.8, 4) is 0 Å². The minimum absolute atomic E-state index is 0.439. The molecule has 1 N–H and O–H groups in total. The van der Waals surface area contributed by atoms with Crippen LogP contribution in [0.4, 0.5) is 0 Å². The van der Waals surface area contributed by atoms with Crippen LogP contribution in [0.2, 0.25) is 0 Å². The number of oxazole rings is 1. The van der Waals surface area contributed by atoms with E-state index in [4.69, 9.17) is 4.42 Å². The van der Waals surface area contributed by atoms with E-state index >= 15 is 0 Å². The second-order valence-electron chi connectivity index (χ2n) is 7.61. The summed E-state index contributed by atoms with van der Waals surface area (Å²) in [6, 6.07) is 0.483. The predicted octanol–water partition coefficient (Wildman–Crippen LogP) is 4.49. The highest BCUT2D eigenvalue weighted by molar-refractivity contribution is 5.13. The van der Waals surface area contributed by atoms with Crippen LogP contribution in [0.5, 0.6) is 0 Å². The standard InChI is InChI=1S/C17H30N2O/c1-12(2)18-10-15-16(20-11-19-15)13-6-8-14(9-7-13)17(3,4)5/h11-14,18H,6-10H2,1-5H3. The lowest BCUT2D eigenvalue weighted by Crippen LogP contribution is -2.26. The van der Waals surface area contributed by atoms with Crippen LogP contribution < -0.4 is 5.32 Å². The summed E-state index contributed by atoms with van der Waals surface area (Å²) in [5.74, 6) is 2.55. The molecule has 1 fully saturated rings. The van der Waals surface area contributed by atoms with Crippen LogP contribution in [0.25, 0.3) is 0 Å². The second-order valence-corrected chi connectivity index (χ2v) is 7.61. The molecule has 0 amide bonds. The fourth-order valence-electron chi connectivity index (χ4n) is 3.27. The fraction of sp³-hybridized carbons (Fsp3) is 0.824. The summed E-state index contributed by atoms with van der Waals surface area (Å²) < 4.78 is 5.71. The van der Waals surface area contributed by atoms with E-state index in [2.05, 4.69) is 44.9 Å². The van der Waals surface area contributed by atoms with E-state index in [0.717, 1.165) is 23.9 Å². The lowest BCUT2D eigenvalue weighted by atomic mass is 9.69. The third-order valence-electron chi connectivity index (χ3n) is 4.67. The van der Waals surface area contributed by atoms with Gasteiger partial charge in [-0.05, 0) is 37.0 Å². The van der Waals surface area contributed by atoms with Crippen molar-refractivity contribution in [2.45, 2.75) is 78.8 Å². The van der Waals surface area contributed by atoms with Gasteiger partial charge in [-0.3, -0.25) is 0 Å². The zero-order chi connectivity index (χ0) is 14.8. The third-order valence-corrected chi connectivity index (χ3v) is 4.67. The van der Waals surface area contributed by atoms with Gasteiger partial charge in [0, 0.05) is 18.5 Å². The molecule has 1 heterocycles. The molecule has 0 bridgehead atoms. The van der Waals surface area contributed by atoms with E-state index < -0.39 is 0 Å². The summed E-state index contributed by atoms with van der Waals surface area (Å²) in [7, 11) is 0. The Morgan fingerprint density at radius 3 is 2.45 bits per heavy atom. The van der Waals surface area contributed by atoms with Crippen LogP contribution in [-0.4, -0.2) is 11.0 Å². The van der Waals surface area contributed by atoms with Crippen molar-refractivity contribution in [2.75, 3.05) is 0 Å². The smallest absolute Gasteiger partial charge is 0.181 e. The van der Waals surface area contributed by atoms with E-state index in [0.29, 0.717) is 17.4 Å². The average Bonchev–Trinajstić information content (AvgIpc) is 2.83. The van der Waals surface area contributed by atoms with E-state index in [9.17, 15) is 0 Å². The molecule has 1 aliphatic carbocycles. The predicted molar refractivity (Wildman–Crippen MR) is 82.6 cm³/mol. The molecular weight excluding hydrogens is 248 g/mol. The summed E-state index contributed by atoms with van der Waals surface area (Å²) in [5, 5.41) is 3.44. The molecule has 3 heteroatoms. The van der Waals surface area contributed by atoms with Crippen LogP contribution in [-0.2, 0) is 6.54 Å². The molecule has 0 unspecified atom stereocenters. The molecular formula is C17H30N2O. The average molecular weight is 278 g/mol. The molecule has 20 heavy (non-hydrogen) atoms. The first kappa shape index (κ1) is 15.6. The van der Waals surface area contributed by atoms with Crippen molar-refractivity contribution in [1.29, 1.82) is 0 Å². The van der Waals surface area contributed by atoms with Crippen LogP contribution in [0.15, 0.2) is 10.8 Å². The number of aromatic nitrogens is 1. The third kappa shape index (κ3) is 3.85. The lowest BCUT2D eigenvalue weighted by Gasteiger charge is -2.36. The molecule has 1 aromatic heterocycles. The minimum Gasteiger partial charge on any atom is -0.448 e. The van der Waals surface area contributed by atoms with Gasteiger partial charge in [0.15, 0.2) is 6.39 Å². The summed E-state index contributed by atoms with van der Waals surface area (Å²) in [4.78, 5) is 4.40. The molecule has 0 radical (unpaired) electrons. The van der Waals surface area contributed by atoms with Crippen molar-refractivity contribution < 1.29 is 4.42 Å². The van der Waals surface area contributed by atoms with Gasteiger partial charge < -0.3 is 9.73 Å². The maximum atomic E-state index is 5.71. The van der Waals surface area contributed by atoms with Gasteiger partial charge >= 0.3 is 0 Å². The second kappa shape index (κ2) is 6.30. The van der Waals surface area contributed by atoms with E-state index in [1.54, 1.807) is 6.39 Å². The zero-order valence-corrected chi connectivity index (χ0v) is 13.7. The first-order valence-corrected chi connectivity index (χ1v) is 8.03. The van der Waals surface area contributed by atoms with Gasteiger partial charge in [0.2, 0.25) is 0 Å². The number of nitrogens with zero attached hydrogens (tertiary/aromatic N) is 1. The Labute approximate surface area is 123 Å². The monoisotopic (exact) mass is 278 g/mol. The van der Waals surface area contributed by atoms with Crippen molar-refractivity contribution in [3.63, 3.8) is 0 Å². The van der Waals surface area contributed by atoms with Crippen molar-refractivity contribution >= 4 is 0 Å². The first-order chi connectivity index (χ1) is 9.38. The van der Waals surface area contributed by atoms with Crippen LogP contribution in [0.1, 0.15) is 77.7 Å². The first-order valence-electron chi connectivity index (χ1n) is 8.03. The highest BCUT2D eigenvalue weighted by Gasteiger charge is 2.32. The van der Waals surface area contributed by atoms with Gasteiger partial charge in [-0.2, -0.15) is 0 Å². The van der Waals surface area contributed by atoms with Gasteiger partial charge in [-0.15, -0.1) is 0 Å². The summed E-state index contributed by atoms with van der Waals surface area (Å²) in [6.07, 6.45) is 6.72. The minimum atomic E-state index is 0.439. The molecule has 0 atom stereocenters. The highest BCUT2D eigenvalue weighted by atomic mass is 16.3. The van der Waals surface area contributed by atoms with Crippen LogP contribution in [0, 0.1) is 11.3 Å². The Morgan fingerprint density at radius 2 is 1.90 bits per heavy atom. The van der Waals surface area contributed by atoms with E-state index in [1.807, 2.05) is 0 Å². The molecule has 2 rings (SSSR count). The lowest BCUT2D eigenvalue weighted by molar-refractivity contribution is 0.163. The van der Waals surface area contributed by atoms with Crippen molar-refractivity contribution in [1.82, 2.24) is 10.3 Å². The SMILES string of the molecule is CC(C)NCc1ncoc1C1CCC(C(C)(C)C)CC1. The van der Waals surface area contributed by atoms with Gasteiger partial charge in [0.1, 0.15) is 5.76 Å². The topological polar surface area (TPSA) is 38.1 Å². The molecule has 1 saturated carbocycles. The summed E-state index contributed by atoms with van der Waals surface area (Å²) in [5.41, 5.74) is 1.55. The number of hydrogen-bond donors (Lipinski definition) is 1. The normalized spacial score (nSPS) is 24.3. The molecule has 0 aliphatic heterocycles. The van der Waals surface area contributed by atoms with Gasteiger partial charge in [0.05, 0.1) is 5.69 Å². The Bertz CT molecular complexity index is 409. The number of rotatable bonds is 4. The molecule has 1 aromatic rings. The number of hydrogen-bond acceptors (Lipinski definition) is 3. The molecule has 0 spiro atoms. The van der Waals surface area contributed by atoms with Crippen LogP contribution in [0.3, 0.4) is 0 Å². The molecule has 1 aliphatic rings.